The van der Waals surface area contributed by atoms with Crippen LogP contribution in [0.25, 0.3) is 0 Å². The highest BCUT2D eigenvalue weighted by molar-refractivity contribution is 7.98. The van der Waals surface area contributed by atoms with E-state index in [4.69, 9.17) is 0 Å². The Labute approximate surface area is 123 Å². The largest absolute Gasteiger partial charge is 0.215 e. The molecule has 0 saturated heterocycles. The van der Waals surface area contributed by atoms with Crippen molar-refractivity contribution in [1.82, 2.24) is 20.2 Å². The number of thioether (sulfide) groups is 1. The second kappa shape index (κ2) is 6.15. The van der Waals surface area contributed by atoms with Gasteiger partial charge in [0.25, 0.3) is 0 Å². The molecule has 20 heavy (non-hydrogen) atoms. The third-order valence-electron chi connectivity index (χ3n) is 2.70. The van der Waals surface area contributed by atoms with Gasteiger partial charge in [0, 0.05) is 10.6 Å². The molecule has 0 spiro atoms. The van der Waals surface area contributed by atoms with Gasteiger partial charge in [-0.3, -0.25) is 0 Å². The minimum atomic E-state index is -0.197. The van der Waals surface area contributed by atoms with Gasteiger partial charge in [0.15, 0.2) is 0 Å². The third kappa shape index (κ3) is 3.05. The smallest absolute Gasteiger partial charge is 0.209 e. The van der Waals surface area contributed by atoms with Crippen molar-refractivity contribution in [2.24, 2.45) is 0 Å². The molecule has 0 bridgehead atoms. The van der Waals surface area contributed by atoms with E-state index in [0.717, 1.165) is 0 Å². The van der Waals surface area contributed by atoms with Crippen LogP contribution in [0, 0.1) is 5.82 Å². The Morgan fingerprint density at radius 1 is 1.20 bits per heavy atom. The van der Waals surface area contributed by atoms with Gasteiger partial charge in [0.1, 0.15) is 5.82 Å². The lowest BCUT2D eigenvalue weighted by Gasteiger charge is -2.03. The average Bonchev–Trinajstić information content (AvgIpc) is 3.10. The zero-order valence-corrected chi connectivity index (χ0v) is 12.1. The number of tetrazole rings is 1. The predicted molar refractivity (Wildman–Crippen MR) is 77.2 cm³/mol. The molecule has 2 heterocycles. The summed E-state index contributed by atoms with van der Waals surface area (Å²) in [5, 5.41) is 14.4. The molecule has 4 nitrogen and oxygen atoms in total. The minimum Gasteiger partial charge on any atom is -0.215 e. The lowest BCUT2D eigenvalue weighted by Crippen LogP contribution is -2.02. The molecule has 102 valence electrons. The quantitative estimate of drug-likeness (QED) is 0.679. The number of hydrogen-bond acceptors (Lipinski definition) is 5. The first-order chi connectivity index (χ1) is 9.83. The van der Waals surface area contributed by atoms with Crippen molar-refractivity contribution in [3.05, 3.63) is 58.0 Å². The van der Waals surface area contributed by atoms with Crippen molar-refractivity contribution in [2.75, 3.05) is 0 Å². The van der Waals surface area contributed by atoms with Gasteiger partial charge in [-0.15, -0.1) is 16.4 Å². The maximum absolute atomic E-state index is 13.6. The molecular weight excluding hydrogens is 295 g/mol. The maximum atomic E-state index is 13.6. The van der Waals surface area contributed by atoms with E-state index in [1.54, 1.807) is 28.2 Å². The number of aromatic nitrogens is 4. The first kappa shape index (κ1) is 13.3. The lowest BCUT2D eigenvalue weighted by atomic mass is 10.2. The van der Waals surface area contributed by atoms with Crippen LogP contribution in [0.2, 0.25) is 0 Å². The monoisotopic (exact) mass is 306 g/mol. The summed E-state index contributed by atoms with van der Waals surface area (Å²) in [7, 11) is 0. The first-order valence-corrected chi connectivity index (χ1v) is 7.84. The van der Waals surface area contributed by atoms with Crippen LogP contribution in [-0.4, -0.2) is 20.2 Å². The van der Waals surface area contributed by atoms with E-state index in [2.05, 4.69) is 15.5 Å². The fourth-order valence-electron chi connectivity index (χ4n) is 1.71. The topological polar surface area (TPSA) is 43.6 Å². The molecule has 3 rings (SSSR count). The van der Waals surface area contributed by atoms with Crippen molar-refractivity contribution in [1.29, 1.82) is 0 Å². The van der Waals surface area contributed by atoms with E-state index >= 15 is 0 Å². The highest BCUT2D eigenvalue weighted by Gasteiger charge is 2.09. The molecule has 1 aromatic carbocycles. The van der Waals surface area contributed by atoms with E-state index in [9.17, 15) is 4.39 Å². The summed E-state index contributed by atoms with van der Waals surface area (Å²) < 4.78 is 15.3. The Bertz CT molecular complexity index is 681. The molecule has 3 aromatic rings. The number of nitrogens with zero attached hydrogens (tertiary/aromatic N) is 4. The van der Waals surface area contributed by atoms with Crippen LogP contribution >= 0.6 is 23.1 Å². The van der Waals surface area contributed by atoms with Gasteiger partial charge < -0.3 is 0 Å². The van der Waals surface area contributed by atoms with Gasteiger partial charge in [0.05, 0.1) is 6.54 Å². The molecule has 2 aromatic heterocycles. The first-order valence-electron chi connectivity index (χ1n) is 5.97. The number of rotatable bonds is 5. The molecular formula is C13H11FN4S2. The van der Waals surface area contributed by atoms with Gasteiger partial charge in [-0.2, -0.15) is 0 Å². The Kier molecular flexibility index (Phi) is 4.08. The van der Waals surface area contributed by atoms with Gasteiger partial charge in [-0.25, -0.2) is 9.07 Å². The molecule has 0 aliphatic carbocycles. The van der Waals surface area contributed by atoms with Gasteiger partial charge >= 0.3 is 0 Å². The van der Waals surface area contributed by atoms with Crippen molar-refractivity contribution >= 4 is 23.1 Å². The highest BCUT2D eigenvalue weighted by Crippen LogP contribution is 2.22. The lowest BCUT2D eigenvalue weighted by molar-refractivity contribution is 0.606. The molecule has 7 heteroatoms. The zero-order valence-electron chi connectivity index (χ0n) is 10.4. The average molecular weight is 306 g/mol. The van der Waals surface area contributed by atoms with Crippen molar-refractivity contribution in [3.63, 3.8) is 0 Å². The molecule has 0 aliphatic heterocycles. The van der Waals surface area contributed by atoms with Crippen LogP contribution in [0.1, 0.15) is 10.4 Å². The Balaban J connectivity index is 1.69. The second-order valence-electron chi connectivity index (χ2n) is 4.08. The summed E-state index contributed by atoms with van der Waals surface area (Å²) in [5.41, 5.74) is 0.656. The number of hydrogen-bond donors (Lipinski definition) is 0. The van der Waals surface area contributed by atoms with Gasteiger partial charge in [0.2, 0.25) is 5.16 Å². The molecule has 0 atom stereocenters. The van der Waals surface area contributed by atoms with E-state index in [1.165, 1.54) is 22.7 Å². The SMILES string of the molecule is Fc1ccccc1CSc1nnnn1Cc1cccs1. The molecule has 0 saturated carbocycles. The van der Waals surface area contributed by atoms with Gasteiger partial charge in [-0.1, -0.05) is 36.0 Å². The van der Waals surface area contributed by atoms with E-state index in [0.29, 0.717) is 23.0 Å². The second-order valence-corrected chi connectivity index (χ2v) is 6.05. The van der Waals surface area contributed by atoms with E-state index < -0.39 is 0 Å². The standard InChI is InChI=1S/C13H11FN4S2/c14-12-6-2-1-4-10(12)9-20-13-15-16-17-18(13)8-11-5-3-7-19-11/h1-7H,8-9H2. The zero-order chi connectivity index (χ0) is 13.8. The van der Waals surface area contributed by atoms with Crippen molar-refractivity contribution in [3.8, 4) is 0 Å². The fraction of sp³-hybridized carbons (Fsp3) is 0.154. The van der Waals surface area contributed by atoms with E-state index in [1.807, 2.05) is 23.6 Å². The molecule has 0 unspecified atom stereocenters. The van der Waals surface area contributed by atoms with Crippen molar-refractivity contribution in [2.45, 2.75) is 17.5 Å². The highest BCUT2D eigenvalue weighted by atomic mass is 32.2. The van der Waals surface area contributed by atoms with Crippen LogP contribution in [0.15, 0.2) is 46.9 Å². The molecule has 0 aliphatic rings. The molecule has 0 fully saturated rings. The number of halogens is 1. The van der Waals surface area contributed by atoms with Crippen LogP contribution in [-0.2, 0) is 12.3 Å². The predicted octanol–water partition coefficient (Wildman–Crippen LogP) is 3.21. The number of benzene rings is 1. The Morgan fingerprint density at radius 3 is 2.90 bits per heavy atom. The van der Waals surface area contributed by atoms with Crippen LogP contribution in [0.3, 0.4) is 0 Å². The molecule has 0 N–H and O–H groups in total. The summed E-state index contributed by atoms with van der Waals surface area (Å²) in [6.07, 6.45) is 0. The summed E-state index contributed by atoms with van der Waals surface area (Å²) in [4.78, 5) is 1.19. The van der Waals surface area contributed by atoms with Crippen molar-refractivity contribution < 1.29 is 4.39 Å². The van der Waals surface area contributed by atoms with Crippen LogP contribution in [0.5, 0.6) is 0 Å². The Morgan fingerprint density at radius 2 is 2.10 bits per heavy atom. The maximum Gasteiger partial charge on any atom is 0.209 e. The Hall–Kier alpha value is -1.73. The summed E-state index contributed by atoms with van der Waals surface area (Å²) in [6, 6.07) is 10.8. The molecule has 0 radical (unpaired) electrons. The van der Waals surface area contributed by atoms with Crippen LogP contribution in [0.4, 0.5) is 4.39 Å². The summed E-state index contributed by atoms with van der Waals surface area (Å²) in [6.45, 7) is 0.643. The minimum absolute atomic E-state index is 0.197. The molecule has 0 amide bonds. The number of thiophene rings is 1. The fourth-order valence-corrected chi connectivity index (χ4v) is 3.26. The normalized spacial score (nSPS) is 10.8. The third-order valence-corrected chi connectivity index (χ3v) is 4.57. The summed E-state index contributed by atoms with van der Waals surface area (Å²) >= 11 is 3.10. The summed E-state index contributed by atoms with van der Waals surface area (Å²) in [5.74, 6) is 0.314. The van der Waals surface area contributed by atoms with Crippen LogP contribution < -0.4 is 0 Å². The van der Waals surface area contributed by atoms with Gasteiger partial charge in [-0.05, 0) is 33.5 Å². The van der Waals surface area contributed by atoms with E-state index in [-0.39, 0.29) is 5.82 Å².